The topological polar surface area (TPSA) is 90.2 Å². The molecule has 1 rings (SSSR count). The van der Waals surface area contributed by atoms with E-state index >= 15 is 0 Å². The predicted octanol–water partition coefficient (Wildman–Crippen LogP) is 2.31. The smallest absolute Gasteiger partial charge is 0.111 e. The van der Waals surface area contributed by atoms with Crippen LogP contribution >= 0.6 is 25.3 Å². The fraction of sp³-hybridized carbons (Fsp3) is 1.00. The van der Waals surface area contributed by atoms with E-state index in [0.717, 1.165) is 25.7 Å². The molecule has 0 aromatic heterocycles. The maximum Gasteiger partial charge on any atom is 0.111 e. The fourth-order valence-electron chi connectivity index (χ4n) is 3.33. The molecule has 0 unspecified atom stereocenters. The summed E-state index contributed by atoms with van der Waals surface area (Å²) in [6.45, 7) is -0.357. The van der Waals surface area contributed by atoms with Crippen molar-refractivity contribution < 1.29 is 25.2 Å². The van der Waals surface area contributed by atoms with Crippen molar-refractivity contribution in [1.29, 1.82) is 0 Å². The van der Waals surface area contributed by atoms with Gasteiger partial charge in [0.2, 0.25) is 0 Å². The summed E-state index contributed by atoms with van der Waals surface area (Å²) in [4.78, 5) is 0. The van der Waals surface area contributed by atoms with Crippen molar-refractivity contribution in [3.8, 4) is 0 Å². The average Bonchev–Trinajstić information content (AvgIpc) is 2.59. The normalized spacial score (nSPS) is 30.1. The SMILES string of the molecule is OC[C@H]1O[C@@H](CCCCCCCCCCCC(S)S)[C@H](O)[C@@H](O)[C@@H]1O. The molecule has 0 amide bonds. The molecule has 0 aliphatic carbocycles. The Bertz CT molecular complexity index is 331. The van der Waals surface area contributed by atoms with E-state index in [4.69, 9.17) is 4.74 Å². The summed E-state index contributed by atoms with van der Waals surface area (Å²) in [5.41, 5.74) is 0. The zero-order chi connectivity index (χ0) is 18.7. The van der Waals surface area contributed by atoms with Crippen LogP contribution in [0.5, 0.6) is 0 Å². The van der Waals surface area contributed by atoms with Gasteiger partial charge in [0.15, 0.2) is 0 Å². The molecule has 0 spiro atoms. The number of hydrogen-bond donors (Lipinski definition) is 6. The summed E-state index contributed by atoms with van der Waals surface area (Å²) in [7, 11) is 0. The molecule has 5 nitrogen and oxygen atoms in total. The van der Waals surface area contributed by atoms with Crippen molar-refractivity contribution in [3.05, 3.63) is 0 Å². The van der Waals surface area contributed by atoms with Crippen molar-refractivity contribution in [2.75, 3.05) is 6.61 Å². The number of unbranched alkanes of at least 4 members (excludes halogenated alkanes) is 8. The van der Waals surface area contributed by atoms with Gasteiger partial charge in [0, 0.05) is 4.58 Å². The Morgan fingerprint density at radius 3 is 1.68 bits per heavy atom. The largest absolute Gasteiger partial charge is 0.394 e. The lowest BCUT2D eigenvalue weighted by molar-refractivity contribution is -0.230. The van der Waals surface area contributed by atoms with Crippen LogP contribution in [0.15, 0.2) is 0 Å². The quantitative estimate of drug-likeness (QED) is 0.163. The van der Waals surface area contributed by atoms with Crippen molar-refractivity contribution in [2.24, 2.45) is 0 Å². The molecule has 1 saturated heterocycles. The van der Waals surface area contributed by atoms with Crippen LogP contribution < -0.4 is 0 Å². The second kappa shape index (κ2) is 13.6. The first-order chi connectivity index (χ1) is 12.0. The molecule has 0 radical (unpaired) electrons. The molecule has 0 bridgehead atoms. The van der Waals surface area contributed by atoms with E-state index in [9.17, 15) is 20.4 Å². The van der Waals surface area contributed by atoms with Crippen molar-refractivity contribution >= 4 is 25.3 Å². The van der Waals surface area contributed by atoms with Gasteiger partial charge in [0.25, 0.3) is 0 Å². The molecule has 1 aliphatic rings. The van der Waals surface area contributed by atoms with Gasteiger partial charge in [0.1, 0.15) is 24.4 Å². The minimum atomic E-state index is -1.25. The molecule has 150 valence electrons. The number of hydrogen-bond acceptors (Lipinski definition) is 7. The highest BCUT2D eigenvalue weighted by molar-refractivity contribution is 7.99. The molecule has 1 heterocycles. The van der Waals surface area contributed by atoms with Crippen LogP contribution in [0.4, 0.5) is 0 Å². The van der Waals surface area contributed by atoms with E-state index in [1.165, 1.54) is 38.5 Å². The summed E-state index contributed by atoms with van der Waals surface area (Å²) in [5.74, 6) is 0. The van der Waals surface area contributed by atoms with Gasteiger partial charge in [-0.1, -0.05) is 57.8 Å². The molecule has 25 heavy (non-hydrogen) atoms. The first-order valence-corrected chi connectivity index (χ1v) is 10.7. The number of aliphatic hydroxyl groups is 4. The van der Waals surface area contributed by atoms with Crippen molar-refractivity contribution in [3.63, 3.8) is 0 Å². The molecule has 0 aromatic rings. The van der Waals surface area contributed by atoms with Gasteiger partial charge in [-0.2, -0.15) is 25.3 Å². The van der Waals surface area contributed by atoms with Gasteiger partial charge >= 0.3 is 0 Å². The molecule has 0 aromatic carbocycles. The minimum absolute atomic E-state index is 0.212. The van der Waals surface area contributed by atoms with Crippen LogP contribution in [-0.2, 0) is 4.74 Å². The lowest BCUT2D eigenvalue weighted by Gasteiger charge is -2.40. The van der Waals surface area contributed by atoms with Gasteiger partial charge in [-0.3, -0.25) is 0 Å². The van der Waals surface area contributed by atoms with Crippen LogP contribution in [0.1, 0.15) is 70.6 Å². The van der Waals surface area contributed by atoms with Gasteiger partial charge < -0.3 is 25.2 Å². The summed E-state index contributed by atoms with van der Waals surface area (Å²) >= 11 is 8.51. The van der Waals surface area contributed by atoms with Gasteiger partial charge in [0.05, 0.1) is 12.7 Å². The van der Waals surface area contributed by atoms with E-state index in [1.807, 2.05) is 0 Å². The van der Waals surface area contributed by atoms with Crippen LogP contribution in [0, 0.1) is 0 Å². The van der Waals surface area contributed by atoms with Crippen LogP contribution in [0.25, 0.3) is 0 Å². The standard InChI is InChI=1S/C18H36O5S2/c19-12-14-17(21)18(22)16(20)13(23-14)10-8-6-4-2-1-3-5-7-9-11-15(24)25/h13-22,24-25H,1-12H2/t13-,14+,16-,17+,18+/m0/s1. The molecule has 7 heteroatoms. The van der Waals surface area contributed by atoms with E-state index < -0.39 is 30.5 Å². The Morgan fingerprint density at radius 1 is 0.680 bits per heavy atom. The van der Waals surface area contributed by atoms with E-state index in [-0.39, 0.29) is 11.2 Å². The molecule has 5 atom stereocenters. The third-order valence-corrected chi connectivity index (χ3v) is 5.46. The van der Waals surface area contributed by atoms with Gasteiger partial charge in [-0.15, -0.1) is 0 Å². The Hall–Kier alpha value is 0.500. The Balaban J connectivity index is 2.00. The van der Waals surface area contributed by atoms with E-state index in [0.29, 0.717) is 6.42 Å². The molecule has 0 saturated carbocycles. The van der Waals surface area contributed by atoms with Gasteiger partial charge in [-0.25, -0.2) is 0 Å². The lowest BCUT2D eigenvalue weighted by Crippen LogP contribution is -2.58. The van der Waals surface area contributed by atoms with E-state index in [2.05, 4.69) is 25.3 Å². The highest BCUT2D eigenvalue weighted by Crippen LogP contribution is 2.25. The minimum Gasteiger partial charge on any atom is -0.394 e. The molecular formula is C18H36O5S2. The van der Waals surface area contributed by atoms with Crippen molar-refractivity contribution in [1.82, 2.24) is 0 Å². The highest BCUT2D eigenvalue weighted by Gasteiger charge is 2.42. The monoisotopic (exact) mass is 396 g/mol. The second-order valence-corrected chi connectivity index (χ2v) is 8.76. The summed E-state index contributed by atoms with van der Waals surface area (Å²) in [5, 5.41) is 38.7. The van der Waals surface area contributed by atoms with Crippen LogP contribution in [0.3, 0.4) is 0 Å². The first-order valence-electron chi connectivity index (χ1n) is 9.64. The van der Waals surface area contributed by atoms with Crippen LogP contribution in [-0.4, -0.2) is 62.1 Å². The van der Waals surface area contributed by atoms with Crippen molar-refractivity contribution in [2.45, 2.75) is 106 Å². The molecule has 1 fully saturated rings. The maximum absolute atomic E-state index is 9.97. The first kappa shape index (κ1) is 23.5. The molecular weight excluding hydrogens is 360 g/mol. The predicted molar refractivity (Wildman–Crippen MR) is 106 cm³/mol. The van der Waals surface area contributed by atoms with Gasteiger partial charge in [-0.05, 0) is 12.8 Å². The summed E-state index contributed by atoms with van der Waals surface area (Å²) < 4.78 is 5.72. The average molecular weight is 397 g/mol. The number of aliphatic hydroxyl groups excluding tert-OH is 4. The fourth-order valence-corrected chi connectivity index (χ4v) is 3.69. The zero-order valence-electron chi connectivity index (χ0n) is 15.0. The van der Waals surface area contributed by atoms with Crippen LogP contribution in [0.2, 0.25) is 0 Å². The molecule has 1 aliphatic heterocycles. The third kappa shape index (κ3) is 9.31. The Morgan fingerprint density at radius 2 is 1.16 bits per heavy atom. The number of rotatable bonds is 13. The highest BCUT2D eigenvalue weighted by atomic mass is 32.2. The zero-order valence-corrected chi connectivity index (χ0v) is 16.8. The summed E-state index contributed by atoms with van der Waals surface area (Å²) in [6, 6.07) is 0. The molecule has 4 N–H and O–H groups in total. The maximum atomic E-state index is 9.97. The Kier molecular flexibility index (Phi) is 12.8. The number of ether oxygens (including phenoxy) is 1. The number of thiol groups is 2. The third-order valence-electron chi connectivity index (χ3n) is 4.94. The summed E-state index contributed by atoms with van der Waals surface area (Å²) in [6.07, 6.45) is 7.42. The second-order valence-electron chi connectivity index (χ2n) is 7.11. The Labute approximate surface area is 163 Å². The lowest BCUT2D eigenvalue weighted by atomic mass is 9.92. The van der Waals surface area contributed by atoms with E-state index in [1.54, 1.807) is 0 Å².